The van der Waals surface area contributed by atoms with Gasteiger partial charge in [0, 0.05) is 13.6 Å². The number of nitrogens with zero attached hydrogens (tertiary/aromatic N) is 2. The molecule has 0 aliphatic heterocycles. The van der Waals surface area contributed by atoms with Crippen molar-refractivity contribution in [3.8, 4) is 11.5 Å². The fourth-order valence-corrected chi connectivity index (χ4v) is 2.73. The number of carbonyl (C=O) groups is 1. The second-order valence-electron chi connectivity index (χ2n) is 6.54. The van der Waals surface area contributed by atoms with E-state index in [0.717, 1.165) is 25.1 Å². The highest BCUT2D eigenvalue weighted by atomic mass is 16.5. The van der Waals surface area contributed by atoms with E-state index in [1.807, 2.05) is 67.7 Å². The van der Waals surface area contributed by atoms with E-state index in [1.165, 1.54) is 0 Å². The molecule has 1 N–H and O–H groups in total. The summed E-state index contributed by atoms with van der Waals surface area (Å²) >= 11 is 0. The molecule has 0 aliphatic carbocycles. The van der Waals surface area contributed by atoms with E-state index in [2.05, 4.69) is 22.1 Å². The van der Waals surface area contributed by atoms with Crippen molar-refractivity contribution in [2.45, 2.75) is 19.8 Å². The first-order chi connectivity index (χ1) is 13.7. The number of hydrogen-bond donors (Lipinski definition) is 1. The summed E-state index contributed by atoms with van der Waals surface area (Å²) in [6.45, 7) is 3.13. The molecule has 1 amide bonds. The number of para-hydroxylation sites is 3. The molecule has 0 fully saturated rings. The van der Waals surface area contributed by atoms with Crippen molar-refractivity contribution in [2.75, 3.05) is 23.8 Å². The zero-order chi connectivity index (χ0) is 19.8. The largest absolute Gasteiger partial charge is 0.455 e. The first kappa shape index (κ1) is 19.4. The number of rotatable bonds is 8. The van der Waals surface area contributed by atoms with Gasteiger partial charge in [-0.1, -0.05) is 43.7 Å². The molecule has 0 saturated heterocycles. The molecule has 1 heterocycles. The van der Waals surface area contributed by atoms with Crippen LogP contribution in [-0.2, 0) is 0 Å². The quantitative estimate of drug-likeness (QED) is 0.576. The van der Waals surface area contributed by atoms with Crippen molar-refractivity contribution in [3.63, 3.8) is 0 Å². The van der Waals surface area contributed by atoms with E-state index >= 15 is 0 Å². The lowest BCUT2D eigenvalue weighted by molar-refractivity contribution is 0.102. The van der Waals surface area contributed by atoms with Gasteiger partial charge in [-0.15, -0.1) is 0 Å². The summed E-state index contributed by atoms with van der Waals surface area (Å²) in [7, 11) is 2.03. The zero-order valence-corrected chi connectivity index (χ0v) is 16.3. The molecule has 0 spiro atoms. The molecule has 5 nitrogen and oxygen atoms in total. The van der Waals surface area contributed by atoms with Crippen molar-refractivity contribution >= 4 is 17.3 Å². The molecular formula is C23H25N3O2. The third-order valence-electron chi connectivity index (χ3n) is 4.37. The second kappa shape index (κ2) is 9.55. The van der Waals surface area contributed by atoms with Crippen LogP contribution in [0.2, 0.25) is 0 Å². The molecule has 1 aromatic heterocycles. The van der Waals surface area contributed by atoms with Crippen LogP contribution in [0.5, 0.6) is 11.5 Å². The molecular weight excluding hydrogens is 350 g/mol. The van der Waals surface area contributed by atoms with Gasteiger partial charge in [-0.3, -0.25) is 4.79 Å². The summed E-state index contributed by atoms with van der Waals surface area (Å²) in [5.41, 5.74) is 1.96. The van der Waals surface area contributed by atoms with Crippen molar-refractivity contribution in [2.24, 2.45) is 0 Å². The van der Waals surface area contributed by atoms with Crippen molar-refractivity contribution in [1.29, 1.82) is 0 Å². The minimum atomic E-state index is -0.271. The van der Waals surface area contributed by atoms with Crippen molar-refractivity contribution in [1.82, 2.24) is 4.98 Å². The Morgan fingerprint density at radius 3 is 2.50 bits per heavy atom. The fraction of sp³-hybridized carbons (Fsp3) is 0.217. The molecule has 0 bridgehead atoms. The Kier molecular flexibility index (Phi) is 6.63. The van der Waals surface area contributed by atoms with Gasteiger partial charge in [0.1, 0.15) is 11.4 Å². The van der Waals surface area contributed by atoms with E-state index in [4.69, 9.17) is 4.74 Å². The maximum Gasteiger partial charge on any atom is 0.274 e. The molecule has 0 atom stereocenters. The van der Waals surface area contributed by atoms with Gasteiger partial charge in [0.25, 0.3) is 5.91 Å². The lowest BCUT2D eigenvalue weighted by Crippen LogP contribution is -2.19. The molecule has 0 radical (unpaired) electrons. The van der Waals surface area contributed by atoms with E-state index in [9.17, 15) is 4.79 Å². The highest BCUT2D eigenvalue weighted by Crippen LogP contribution is 2.29. The number of carbonyl (C=O) groups excluding carboxylic acids is 1. The number of anilines is 2. The van der Waals surface area contributed by atoms with Gasteiger partial charge < -0.3 is 15.0 Å². The smallest absolute Gasteiger partial charge is 0.274 e. The van der Waals surface area contributed by atoms with Crippen molar-refractivity contribution < 1.29 is 9.53 Å². The Bertz CT molecular complexity index is 895. The molecule has 0 unspecified atom stereocenters. The molecule has 144 valence electrons. The number of unbranched alkanes of at least 4 members (excludes halogenated alkanes) is 1. The molecule has 0 saturated carbocycles. The summed E-state index contributed by atoms with van der Waals surface area (Å²) < 4.78 is 5.89. The Labute approximate surface area is 166 Å². The summed E-state index contributed by atoms with van der Waals surface area (Å²) in [6, 6.07) is 20.5. The molecule has 5 heteroatoms. The van der Waals surface area contributed by atoms with Crippen molar-refractivity contribution in [3.05, 3.63) is 78.6 Å². The lowest BCUT2D eigenvalue weighted by Gasteiger charge is -2.18. The van der Waals surface area contributed by atoms with E-state index in [0.29, 0.717) is 22.9 Å². The summed E-state index contributed by atoms with van der Waals surface area (Å²) in [4.78, 5) is 19.1. The van der Waals surface area contributed by atoms with Gasteiger partial charge in [0.2, 0.25) is 0 Å². The van der Waals surface area contributed by atoms with E-state index < -0.39 is 0 Å². The van der Waals surface area contributed by atoms with E-state index in [-0.39, 0.29) is 5.91 Å². The third-order valence-corrected chi connectivity index (χ3v) is 4.37. The normalized spacial score (nSPS) is 10.4. The Balaban J connectivity index is 1.69. The zero-order valence-electron chi connectivity index (χ0n) is 16.3. The van der Waals surface area contributed by atoms with Gasteiger partial charge in [-0.2, -0.15) is 0 Å². The Morgan fingerprint density at radius 1 is 1.04 bits per heavy atom. The average molecular weight is 375 g/mol. The first-order valence-electron chi connectivity index (χ1n) is 9.48. The highest BCUT2D eigenvalue weighted by Gasteiger charge is 2.12. The fourth-order valence-electron chi connectivity index (χ4n) is 2.73. The van der Waals surface area contributed by atoms with Gasteiger partial charge in [0.05, 0.1) is 17.6 Å². The van der Waals surface area contributed by atoms with Crippen LogP contribution in [0, 0.1) is 0 Å². The number of benzene rings is 2. The van der Waals surface area contributed by atoms with Crippen LogP contribution in [0.15, 0.2) is 72.9 Å². The summed E-state index contributed by atoms with van der Waals surface area (Å²) in [5.74, 6) is 1.02. The summed E-state index contributed by atoms with van der Waals surface area (Å²) in [6.07, 6.45) is 4.00. The molecule has 28 heavy (non-hydrogen) atoms. The number of amides is 1. The number of hydrogen-bond acceptors (Lipinski definition) is 4. The average Bonchev–Trinajstić information content (AvgIpc) is 2.74. The van der Waals surface area contributed by atoms with Crippen LogP contribution in [0.3, 0.4) is 0 Å². The predicted octanol–water partition coefficient (Wildman–Crippen LogP) is 5.36. The topological polar surface area (TPSA) is 54.5 Å². The van der Waals surface area contributed by atoms with Gasteiger partial charge in [0.15, 0.2) is 5.75 Å². The lowest BCUT2D eigenvalue weighted by atomic mass is 10.2. The van der Waals surface area contributed by atoms with Gasteiger partial charge in [-0.25, -0.2) is 4.98 Å². The maximum atomic E-state index is 12.6. The number of nitrogens with one attached hydrogen (secondary N) is 1. The predicted molar refractivity (Wildman–Crippen MR) is 113 cm³/mol. The molecule has 2 aromatic carbocycles. The van der Waals surface area contributed by atoms with Crippen LogP contribution < -0.4 is 15.0 Å². The SMILES string of the molecule is CCCCN(C)c1ccc(C(=O)Nc2ccccc2Oc2ccccc2)nc1. The monoisotopic (exact) mass is 375 g/mol. The van der Waals surface area contributed by atoms with Gasteiger partial charge in [-0.05, 0) is 42.8 Å². The minimum Gasteiger partial charge on any atom is -0.455 e. The van der Waals surface area contributed by atoms with Crippen LogP contribution in [-0.4, -0.2) is 24.5 Å². The van der Waals surface area contributed by atoms with Crippen LogP contribution in [0.4, 0.5) is 11.4 Å². The maximum absolute atomic E-state index is 12.6. The summed E-state index contributed by atoms with van der Waals surface area (Å²) in [5, 5.41) is 2.89. The minimum absolute atomic E-state index is 0.271. The van der Waals surface area contributed by atoms with Gasteiger partial charge >= 0.3 is 0 Å². The van der Waals surface area contributed by atoms with Crippen LogP contribution in [0.1, 0.15) is 30.3 Å². The molecule has 3 rings (SSSR count). The Hall–Kier alpha value is -3.34. The first-order valence-corrected chi connectivity index (χ1v) is 9.48. The number of pyridine rings is 1. The third kappa shape index (κ3) is 5.10. The number of aromatic nitrogens is 1. The standard InChI is InChI=1S/C23H25N3O2/c1-3-4-16-26(2)18-14-15-21(24-17-18)23(27)25-20-12-8-9-13-22(20)28-19-10-6-5-7-11-19/h5-15,17H,3-4,16H2,1-2H3,(H,25,27). The molecule has 3 aromatic rings. The van der Waals surface area contributed by atoms with E-state index in [1.54, 1.807) is 12.3 Å². The van der Waals surface area contributed by atoms with Crippen LogP contribution in [0.25, 0.3) is 0 Å². The molecule has 0 aliphatic rings. The highest BCUT2D eigenvalue weighted by molar-refractivity contribution is 6.03. The van der Waals surface area contributed by atoms with Crippen LogP contribution >= 0.6 is 0 Å². The Morgan fingerprint density at radius 2 is 1.79 bits per heavy atom. The second-order valence-corrected chi connectivity index (χ2v) is 6.54. The number of ether oxygens (including phenoxy) is 1.